The largest absolute Gasteiger partial charge is 0.494 e. The van der Waals surface area contributed by atoms with Crippen LogP contribution in [0.15, 0.2) is 29.2 Å². The van der Waals surface area contributed by atoms with Crippen LogP contribution in [-0.2, 0) is 7.05 Å². The molecule has 18 heavy (non-hydrogen) atoms. The molecule has 0 spiro atoms. The molecule has 0 aliphatic heterocycles. The van der Waals surface area contributed by atoms with Crippen LogP contribution in [0, 0.1) is 0 Å². The number of fused-ring (bicyclic) bond motifs is 3. The van der Waals surface area contributed by atoms with Crippen molar-refractivity contribution >= 4 is 21.8 Å². The number of aryl methyl sites for hydroxylation is 1. The number of pyridine rings is 1. The normalized spacial score (nSPS) is 11.2. The SMILES string of the molecule is CCOc1ccc2c(c1)ncc1c(=O)n(C)[nH]c12. The molecule has 0 bridgehead atoms. The molecule has 0 fully saturated rings. The summed E-state index contributed by atoms with van der Waals surface area (Å²) < 4.78 is 6.90. The van der Waals surface area contributed by atoms with E-state index in [-0.39, 0.29) is 5.56 Å². The maximum atomic E-state index is 11.8. The molecule has 0 saturated heterocycles. The van der Waals surface area contributed by atoms with Crippen molar-refractivity contribution in [3.8, 4) is 5.75 Å². The molecule has 0 aliphatic rings. The fourth-order valence-corrected chi connectivity index (χ4v) is 2.11. The van der Waals surface area contributed by atoms with Crippen molar-refractivity contribution < 1.29 is 4.74 Å². The Morgan fingerprint density at radius 1 is 1.39 bits per heavy atom. The summed E-state index contributed by atoms with van der Waals surface area (Å²) in [7, 11) is 1.70. The Hall–Kier alpha value is -2.30. The van der Waals surface area contributed by atoms with Gasteiger partial charge >= 0.3 is 0 Å². The fraction of sp³-hybridized carbons (Fsp3) is 0.231. The number of nitrogens with one attached hydrogen (secondary N) is 1. The standard InChI is InChI=1S/C13H13N3O2/c1-3-18-8-4-5-9-11(6-8)14-7-10-12(9)15-16(2)13(10)17/h4-7,15H,3H2,1-2H3. The van der Waals surface area contributed by atoms with Crippen LogP contribution in [0.25, 0.3) is 21.8 Å². The van der Waals surface area contributed by atoms with Crippen molar-refractivity contribution in [2.75, 3.05) is 6.61 Å². The van der Waals surface area contributed by atoms with Gasteiger partial charge in [-0.15, -0.1) is 0 Å². The predicted molar refractivity (Wildman–Crippen MR) is 70.0 cm³/mol. The molecule has 0 saturated carbocycles. The van der Waals surface area contributed by atoms with Crippen molar-refractivity contribution in [3.63, 3.8) is 0 Å². The molecule has 0 unspecified atom stereocenters. The molecule has 1 aromatic carbocycles. The van der Waals surface area contributed by atoms with E-state index < -0.39 is 0 Å². The molecule has 5 heteroatoms. The van der Waals surface area contributed by atoms with Crippen LogP contribution >= 0.6 is 0 Å². The Morgan fingerprint density at radius 2 is 2.22 bits per heavy atom. The summed E-state index contributed by atoms with van der Waals surface area (Å²) in [5.41, 5.74) is 1.57. The Morgan fingerprint density at radius 3 is 3.00 bits per heavy atom. The van der Waals surface area contributed by atoms with Crippen LogP contribution in [0.3, 0.4) is 0 Å². The van der Waals surface area contributed by atoms with Crippen LogP contribution in [-0.4, -0.2) is 21.4 Å². The number of ether oxygens (including phenoxy) is 1. The highest BCUT2D eigenvalue weighted by molar-refractivity contribution is 6.02. The first kappa shape index (κ1) is 10.8. The van der Waals surface area contributed by atoms with E-state index in [0.717, 1.165) is 22.2 Å². The smallest absolute Gasteiger partial charge is 0.275 e. The summed E-state index contributed by atoms with van der Waals surface area (Å²) in [6, 6.07) is 5.69. The molecule has 0 radical (unpaired) electrons. The van der Waals surface area contributed by atoms with E-state index in [9.17, 15) is 4.79 Å². The number of aromatic nitrogens is 3. The quantitative estimate of drug-likeness (QED) is 0.746. The molecule has 1 N–H and O–H groups in total. The molecule has 0 atom stereocenters. The third-order valence-electron chi connectivity index (χ3n) is 2.97. The Labute approximate surface area is 103 Å². The lowest BCUT2D eigenvalue weighted by atomic mass is 10.1. The summed E-state index contributed by atoms with van der Waals surface area (Å²) in [6.07, 6.45) is 1.60. The average molecular weight is 243 g/mol. The third-order valence-corrected chi connectivity index (χ3v) is 2.97. The molecule has 0 amide bonds. The van der Waals surface area contributed by atoms with Gasteiger partial charge < -0.3 is 4.74 Å². The first-order chi connectivity index (χ1) is 8.70. The second-order valence-corrected chi connectivity index (χ2v) is 4.13. The highest BCUT2D eigenvalue weighted by atomic mass is 16.5. The zero-order chi connectivity index (χ0) is 12.7. The number of benzene rings is 1. The second kappa shape index (κ2) is 3.87. The van der Waals surface area contributed by atoms with Crippen molar-refractivity contribution in [3.05, 3.63) is 34.7 Å². The minimum Gasteiger partial charge on any atom is -0.494 e. The van der Waals surface area contributed by atoms with Gasteiger partial charge in [-0.1, -0.05) is 0 Å². The van der Waals surface area contributed by atoms with Gasteiger partial charge in [-0.2, -0.15) is 0 Å². The Bertz CT molecular complexity index is 786. The summed E-state index contributed by atoms with van der Waals surface area (Å²) in [5.74, 6) is 0.787. The number of rotatable bonds is 2. The van der Waals surface area contributed by atoms with Gasteiger partial charge in [0.15, 0.2) is 0 Å². The first-order valence-corrected chi connectivity index (χ1v) is 5.81. The highest BCUT2D eigenvalue weighted by Gasteiger charge is 2.09. The van der Waals surface area contributed by atoms with E-state index in [1.54, 1.807) is 13.2 Å². The lowest BCUT2D eigenvalue weighted by Crippen LogP contribution is -2.11. The van der Waals surface area contributed by atoms with E-state index >= 15 is 0 Å². The molecule has 3 rings (SSSR count). The van der Waals surface area contributed by atoms with Crippen molar-refractivity contribution in [2.45, 2.75) is 6.92 Å². The van der Waals surface area contributed by atoms with Crippen LogP contribution in [0.4, 0.5) is 0 Å². The van der Waals surface area contributed by atoms with Gasteiger partial charge in [-0.3, -0.25) is 19.6 Å². The van der Waals surface area contributed by atoms with Crippen molar-refractivity contribution in [1.82, 2.24) is 14.8 Å². The molecule has 0 aliphatic carbocycles. The van der Waals surface area contributed by atoms with E-state index in [0.29, 0.717) is 12.0 Å². The maximum Gasteiger partial charge on any atom is 0.275 e. The van der Waals surface area contributed by atoms with Gasteiger partial charge in [0.2, 0.25) is 0 Å². The summed E-state index contributed by atoms with van der Waals surface area (Å²) in [6.45, 7) is 2.56. The molecular formula is C13H13N3O2. The van der Waals surface area contributed by atoms with Crippen LogP contribution in [0.1, 0.15) is 6.92 Å². The Kier molecular flexibility index (Phi) is 2.33. The minimum absolute atomic E-state index is 0.0618. The highest BCUT2D eigenvalue weighted by Crippen LogP contribution is 2.23. The molecule has 5 nitrogen and oxygen atoms in total. The monoisotopic (exact) mass is 243 g/mol. The predicted octanol–water partition coefficient (Wildman–Crippen LogP) is 1.81. The van der Waals surface area contributed by atoms with E-state index in [2.05, 4.69) is 10.1 Å². The van der Waals surface area contributed by atoms with Gasteiger partial charge in [0.25, 0.3) is 5.56 Å². The fourth-order valence-electron chi connectivity index (χ4n) is 2.11. The molecular weight excluding hydrogens is 230 g/mol. The Balaban J connectivity index is 2.35. The lowest BCUT2D eigenvalue weighted by Gasteiger charge is -2.04. The number of hydrogen-bond acceptors (Lipinski definition) is 3. The lowest BCUT2D eigenvalue weighted by molar-refractivity contribution is 0.340. The van der Waals surface area contributed by atoms with Crippen LogP contribution in [0.2, 0.25) is 0 Å². The third kappa shape index (κ3) is 1.48. The summed E-state index contributed by atoms with van der Waals surface area (Å²) >= 11 is 0. The van der Waals surface area contributed by atoms with E-state index in [1.807, 2.05) is 25.1 Å². The van der Waals surface area contributed by atoms with Crippen LogP contribution < -0.4 is 10.3 Å². The molecule has 92 valence electrons. The van der Waals surface area contributed by atoms with E-state index in [1.165, 1.54) is 4.68 Å². The van der Waals surface area contributed by atoms with Gasteiger partial charge in [0, 0.05) is 24.7 Å². The van der Waals surface area contributed by atoms with Gasteiger partial charge in [-0.25, -0.2) is 0 Å². The number of hydrogen-bond donors (Lipinski definition) is 1. The minimum atomic E-state index is -0.0618. The first-order valence-electron chi connectivity index (χ1n) is 5.81. The van der Waals surface area contributed by atoms with Crippen molar-refractivity contribution in [2.24, 2.45) is 7.05 Å². The van der Waals surface area contributed by atoms with Crippen molar-refractivity contribution in [1.29, 1.82) is 0 Å². The number of aromatic amines is 1. The van der Waals surface area contributed by atoms with Gasteiger partial charge in [-0.05, 0) is 19.1 Å². The zero-order valence-electron chi connectivity index (χ0n) is 10.2. The van der Waals surface area contributed by atoms with Gasteiger partial charge in [0.05, 0.1) is 23.0 Å². The number of nitrogens with zero attached hydrogens (tertiary/aromatic N) is 2. The maximum absolute atomic E-state index is 11.8. The topological polar surface area (TPSA) is 59.9 Å². The van der Waals surface area contributed by atoms with E-state index in [4.69, 9.17) is 4.74 Å². The summed E-state index contributed by atoms with van der Waals surface area (Å²) in [5, 5.41) is 4.57. The average Bonchev–Trinajstić information content (AvgIpc) is 2.66. The molecule has 2 heterocycles. The second-order valence-electron chi connectivity index (χ2n) is 4.13. The molecule has 2 aromatic heterocycles. The van der Waals surface area contributed by atoms with Crippen LogP contribution in [0.5, 0.6) is 5.75 Å². The zero-order valence-corrected chi connectivity index (χ0v) is 10.2. The molecule has 3 aromatic rings. The number of H-pyrrole nitrogens is 1. The van der Waals surface area contributed by atoms with Gasteiger partial charge in [0.1, 0.15) is 5.75 Å². The summed E-state index contributed by atoms with van der Waals surface area (Å²) in [4.78, 5) is 16.1.